The van der Waals surface area contributed by atoms with Gasteiger partial charge in [0.25, 0.3) is 12.3 Å². The fourth-order valence-electron chi connectivity index (χ4n) is 4.03. The molecule has 0 spiro atoms. The highest BCUT2D eigenvalue weighted by atomic mass is 19.3. The number of hydrogen-bond donors (Lipinski definition) is 1. The van der Waals surface area contributed by atoms with Crippen LogP contribution in [0.15, 0.2) is 48.8 Å². The molecule has 14 heteroatoms. The van der Waals surface area contributed by atoms with Crippen molar-refractivity contribution in [2.24, 2.45) is 0 Å². The summed E-state index contributed by atoms with van der Waals surface area (Å²) in [7, 11) is 4.75. The van der Waals surface area contributed by atoms with Gasteiger partial charge in [-0.15, -0.1) is 10.2 Å². The lowest BCUT2D eigenvalue weighted by Gasteiger charge is -2.14. The molecule has 202 valence electrons. The molecule has 0 fully saturated rings. The fraction of sp³-hybridized carbons (Fsp3) is 0.192. The maximum absolute atomic E-state index is 13.9. The Morgan fingerprint density at radius 2 is 1.95 bits per heavy atom. The molecule has 5 rings (SSSR count). The number of aryl methyl sites for hydroxylation is 1. The molecule has 4 heterocycles. The van der Waals surface area contributed by atoms with Crippen LogP contribution in [0.3, 0.4) is 0 Å². The number of amides is 1. The van der Waals surface area contributed by atoms with E-state index in [4.69, 9.17) is 4.74 Å². The van der Waals surface area contributed by atoms with Gasteiger partial charge >= 0.3 is 0 Å². The van der Waals surface area contributed by atoms with Gasteiger partial charge < -0.3 is 15.0 Å². The molecular weight excluding hydrogens is 522 g/mol. The highest BCUT2D eigenvalue weighted by Gasteiger charge is 2.21. The quantitative estimate of drug-likeness (QED) is 0.322. The van der Waals surface area contributed by atoms with E-state index in [0.717, 1.165) is 0 Å². The van der Waals surface area contributed by atoms with Gasteiger partial charge in [-0.25, -0.2) is 23.4 Å². The molecule has 0 aliphatic carbocycles. The standard InChI is InChI=1S/C26H22F2N10O2/c1-14-9-15(12-29)35-38(14)25-16(24(27)28)5-8-23(32-25)37-13-30-18-10-19(21(40-4)11-20(18)37)31-22-7-6-17(33-34-22)26(39)36(2)3/h5-11,13,24H,1-4H3,(H,31,34). The van der Waals surface area contributed by atoms with E-state index in [1.807, 2.05) is 6.07 Å². The first-order valence-electron chi connectivity index (χ1n) is 11.8. The molecule has 12 nitrogen and oxygen atoms in total. The number of carbonyl (C=O) groups is 1. The molecular formula is C26H22F2N10O2. The van der Waals surface area contributed by atoms with Crippen LogP contribution in [0, 0.1) is 18.3 Å². The summed E-state index contributed by atoms with van der Waals surface area (Å²) >= 11 is 0. The first-order valence-corrected chi connectivity index (χ1v) is 11.8. The number of aromatic nitrogens is 7. The van der Waals surface area contributed by atoms with Gasteiger partial charge in [-0.1, -0.05) is 0 Å². The minimum Gasteiger partial charge on any atom is -0.494 e. The van der Waals surface area contributed by atoms with Crippen molar-refractivity contribution in [3.8, 4) is 23.5 Å². The Kier molecular flexibility index (Phi) is 6.78. The van der Waals surface area contributed by atoms with Crippen LogP contribution in [-0.4, -0.2) is 66.5 Å². The van der Waals surface area contributed by atoms with Crippen molar-refractivity contribution < 1.29 is 18.3 Å². The molecule has 0 aliphatic rings. The molecule has 0 atom stereocenters. The highest BCUT2D eigenvalue weighted by molar-refractivity contribution is 5.92. The second-order valence-electron chi connectivity index (χ2n) is 8.86. The zero-order valence-corrected chi connectivity index (χ0v) is 21.8. The van der Waals surface area contributed by atoms with Gasteiger partial charge in [0.1, 0.15) is 24.0 Å². The number of carbonyl (C=O) groups excluding carboxylic acids is 1. The lowest BCUT2D eigenvalue weighted by atomic mass is 10.2. The molecule has 5 aromatic rings. The molecule has 0 saturated carbocycles. The zero-order chi connectivity index (χ0) is 28.6. The van der Waals surface area contributed by atoms with Crippen molar-refractivity contribution in [1.82, 2.24) is 39.4 Å². The minimum atomic E-state index is -2.81. The topological polar surface area (TPSA) is 140 Å². The number of benzene rings is 1. The van der Waals surface area contributed by atoms with Crippen molar-refractivity contribution in [3.63, 3.8) is 0 Å². The molecule has 1 amide bonds. The number of fused-ring (bicyclic) bond motifs is 1. The average Bonchev–Trinajstić information content (AvgIpc) is 3.54. The first kappa shape index (κ1) is 26.2. The number of nitrogens with zero attached hydrogens (tertiary/aromatic N) is 9. The van der Waals surface area contributed by atoms with Crippen molar-refractivity contribution in [2.75, 3.05) is 26.5 Å². The molecule has 1 N–H and O–H groups in total. The summed E-state index contributed by atoms with van der Waals surface area (Å²) in [5, 5.41) is 24.5. The van der Waals surface area contributed by atoms with E-state index < -0.39 is 6.43 Å². The molecule has 0 bridgehead atoms. The number of imidazole rings is 1. The number of alkyl halides is 2. The maximum atomic E-state index is 13.9. The summed E-state index contributed by atoms with van der Waals surface area (Å²) in [6.07, 6.45) is -1.29. The Morgan fingerprint density at radius 1 is 1.15 bits per heavy atom. The van der Waals surface area contributed by atoms with Gasteiger partial charge in [0.05, 0.1) is 29.4 Å². The third kappa shape index (κ3) is 4.75. The van der Waals surface area contributed by atoms with Gasteiger partial charge in [-0.2, -0.15) is 10.4 Å². The minimum absolute atomic E-state index is 0.0893. The van der Waals surface area contributed by atoms with Crippen LogP contribution >= 0.6 is 0 Å². The number of methoxy groups -OCH3 is 1. The van der Waals surface area contributed by atoms with Crippen LogP contribution in [0.4, 0.5) is 20.3 Å². The zero-order valence-electron chi connectivity index (χ0n) is 21.8. The van der Waals surface area contributed by atoms with Crippen molar-refractivity contribution in [2.45, 2.75) is 13.3 Å². The largest absolute Gasteiger partial charge is 0.494 e. The molecule has 0 saturated heterocycles. The van der Waals surface area contributed by atoms with Crippen molar-refractivity contribution in [3.05, 3.63) is 71.4 Å². The summed E-state index contributed by atoms with van der Waals surface area (Å²) in [4.78, 5) is 22.4. The number of halogens is 2. The van der Waals surface area contributed by atoms with Gasteiger partial charge in [0, 0.05) is 25.9 Å². The van der Waals surface area contributed by atoms with E-state index in [1.54, 1.807) is 49.9 Å². The number of hydrogen-bond acceptors (Lipinski definition) is 9. The number of nitrogens with one attached hydrogen (secondary N) is 1. The second kappa shape index (κ2) is 10.4. The second-order valence-corrected chi connectivity index (χ2v) is 8.86. The highest BCUT2D eigenvalue weighted by Crippen LogP contribution is 2.33. The van der Waals surface area contributed by atoms with E-state index in [9.17, 15) is 18.8 Å². The van der Waals surface area contributed by atoms with E-state index in [0.29, 0.717) is 39.8 Å². The SMILES string of the molecule is COc1cc2c(cc1Nc1ccc(C(=O)N(C)C)nn1)ncn2-c1ccc(C(F)F)c(-n2nc(C#N)cc2C)n1. The van der Waals surface area contributed by atoms with E-state index in [2.05, 4.69) is 30.6 Å². The van der Waals surface area contributed by atoms with Crippen LogP contribution in [-0.2, 0) is 0 Å². The van der Waals surface area contributed by atoms with Crippen LogP contribution < -0.4 is 10.1 Å². The van der Waals surface area contributed by atoms with Crippen molar-refractivity contribution in [1.29, 1.82) is 5.26 Å². The molecule has 40 heavy (non-hydrogen) atoms. The van der Waals surface area contributed by atoms with E-state index in [-0.39, 0.29) is 28.7 Å². The summed E-state index contributed by atoms with van der Waals surface area (Å²) < 4.78 is 36.2. The predicted octanol–water partition coefficient (Wildman–Crippen LogP) is 3.97. The van der Waals surface area contributed by atoms with Gasteiger partial charge in [0.15, 0.2) is 23.0 Å². The smallest absolute Gasteiger partial charge is 0.273 e. The number of nitriles is 1. The van der Waals surface area contributed by atoms with Gasteiger partial charge in [0.2, 0.25) is 0 Å². The lowest BCUT2D eigenvalue weighted by molar-refractivity contribution is 0.0821. The van der Waals surface area contributed by atoms with Crippen molar-refractivity contribution >= 4 is 28.4 Å². The predicted molar refractivity (Wildman–Crippen MR) is 140 cm³/mol. The number of rotatable bonds is 7. The summed E-state index contributed by atoms with van der Waals surface area (Å²) in [6, 6.07) is 12.8. The molecule has 0 unspecified atom stereocenters. The summed E-state index contributed by atoms with van der Waals surface area (Å²) in [6.45, 7) is 1.65. The van der Waals surface area contributed by atoms with Gasteiger partial charge in [-0.3, -0.25) is 9.36 Å². The Balaban J connectivity index is 1.53. The van der Waals surface area contributed by atoms with Crippen LogP contribution in [0.25, 0.3) is 22.7 Å². The monoisotopic (exact) mass is 544 g/mol. The molecule has 1 aromatic carbocycles. The fourth-order valence-corrected chi connectivity index (χ4v) is 4.03. The third-order valence-electron chi connectivity index (χ3n) is 6.00. The number of anilines is 2. The van der Waals surface area contributed by atoms with Crippen LogP contribution in [0.2, 0.25) is 0 Å². The third-order valence-corrected chi connectivity index (χ3v) is 6.00. The number of ether oxygens (including phenoxy) is 1. The first-order chi connectivity index (χ1) is 19.2. The van der Waals surface area contributed by atoms with E-state index in [1.165, 1.54) is 41.2 Å². The Labute approximate surface area is 226 Å². The Morgan fingerprint density at radius 3 is 2.58 bits per heavy atom. The maximum Gasteiger partial charge on any atom is 0.273 e. The van der Waals surface area contributed by atoms with Crippen LogP contribution in [0.5, 0.6) is 5.75 Å². The molecule has 4 aromatic heterocycles. The molecule has 0 radical (unpaired) electrons. The lowest BCUT2D eigenvalue weighted by Crippen LogP contribution is -2.23. The Bertz CT molecular complexity index is 1770. The molecule has 0 aliphatic heterocycles. The van der Waals surface area contributed by atoms with Gasteiger partial charge in [-0.05, 0) is 43.3 Å². The summed E-state index contributed by atoms with van der Waals surface area (Å²) in [5.41, 5.74) is 2.14. The number of pyridine rings is 1. The van der Waals surface area contributed by atoms with E-state index >= 15 is 0 Å². The Hall–Kier alpha value is -5.45. The summed E-state index contributed by atoms with van der Waals surface area (Å²) in [5.74, 6) is 0.775. The van der Waals surface area contributed by atoms with Crippen LogP contribution in [0.1, 0.15) is 33.9 Å². The normalized spacial score (nSPS) is 11.1. The average molecular weight is 545 g/mol.